The molecule has 0 fully saturated rings. The molecule has 0 unspecified atom stereocenters. The Morgan fingerprint density at radius 2 is 1.96 bits per heavy atom. The summed E-state index contributed by atoms with van der Waals surface area (Å²) in [7, 11) is 0. The maximum absolute atomic E-state index is 11.9. The number of aromatic nitrogens is 2. The van der Waals surface area contributed by atoms with E-state index in [4.69, 9.17) is 13.9 Å². The zero-order valence-corrected chi connectivity index (χ0v) is 15.2. The molecule has 0 radical (unpaired) electrons. The predicted molar refractivity (Wildman–Crippen MR) is 99.7 cm³/mol. The largest absolute Gasteiger partial charge is 0.486 e. The van der Waals surface area contributed by atoms with E-state index in [1.807, 2.05) is 36.4 Å². The lowest BCUT2D eigenvalue weighted by atomic mass is 10.1. The Kier molecular flexibility index (Phi) is 5.24. The minimum Gasteiger partial charge on any atom is -0.486 e. The van der Waals surface area contributed by atoms with Gasteiger partial charge in [-0.3, -0.25) is 4.79 Å². The first-order valence-electron chi connectivity index (χ1n) is 8.43. The highest BCUT2D eigenvalue weighted by Crippen LogP contribution is 2.34. The molecule has 27 heavy (non-hydrogen) atoms. The molecular weight excluding hydrogens is 366 g/mol. The van der Waals surface area contributed by atoms with Crippen molar-refractivity contribution >= 4 is 17.7 Å². The van der Waals surface area contributed by atoms with Crippen molar-refractivity contribution in [3.63, 3.8) is 0 Å². The zero-order valence-electron chi connectivity index (χ0n) is 14.4. The van der Waals surface area contributed by atoms with Crippen LogP contribution in [0.2, 0.25) is 0 Å². The number of ether oxygens (including phenoxy) is 2. The third-order valence-corrected chi connectivity index (χ3v) is 4.79. The van der Waals surface area contributed by atoms with E-state index in [2.05, 4.69) is 15.5 Å². The summed E-state index contributed by atoms with van der Waals surface area (Å²) < 4.78 is 16.3. The van der Waals surface area contributed by atoms with E-state index in [0.29, 0.717) is 30.5 Å². The van der Waals surface area contributed by atoms with E-state index in [1.54, 1.807) is 12.3 Å². The number of amides is 1. The van der Waals surface area contributed by atoms with Gasteiger partial charge in [-0.1, -0.05) is 11.8 Å². The van der Waals surface area contributed by atoms with E-state index in [1.165, 1.54) is 11.8 Å². The number of rotatable bonds is 6. The summed E-state index contributed by atoms with van der Waals surface area (Å²) in [6.45, 7) is 1.48. The summed E-state index contributed by atoms with van der Waals surface area (Å²) in [6, 6.07) is 13.0. The molecule has 0 aliphatic carbocycles. The van der Waals surface area contributed by atoms with Gasteiger partial charge in [0, 0.05) is 5.56 Å². The van der Waals surface area contributed by atoms with Crippen LogP contribution in [0, 0.1) is 0 Å². The predicted octanol–water partition coefficient (Wildman–Crippen LogP) is 2.92. The minimum atomic E-state index is -0.0888. The summed E-state index contributed by atoms with van der Waals surface area (Å²) in [5, 5.41) is 11.9. The van der Waals surface area contributed by atoms with Crippen molar-refractivity contribution < 1.29 is 18.7 Å². The lowest BCUT2D eigenvalue weighted by Gasteiger charge is -2.18. The average Bonchev–Trinajstić information content (AvgIpc) is 3.24. The second-order valence-corrected chi connectivity index (χ2v) is 6.76. The molecule has 7 nitrogen and oxygen atoms in total. The van der Waals surface area contributed by atoms with Gasteiger partial charge in [0.2, 0.25) is 5.91 Å². The fraction of sp³-hybridized carbons (Fsp3) is 0.211. The van der Waals surface area contributed by atoms with Crippen LogP contribution in [0.4, 0.5) is 0 Å². The molecule has 1 aliphatic rings. The second-order valence-electron chi connectivity index (χ2n) is 5.76. The number of carbonyl (C=O) groups is 1. The van der Waals surface area contributed by atoms with Gasteiger partial charge in [-0.25, -0.2) is 0 Å². The van der Waals surface area contributed by atoms with Crippen molar-refractivity contribution in [1.29, 1.82) is 0 Å². The van der Waals surface area contributed by atoms with Gasteiger partial charge in [-0.2, -0.15) is 0 Å². The minimum absolute atomic E-state index is 0.0888. The topological polar surface area (TPSA) is 86.5 Å². The van der Waals surface area contributed by atoms with Crippen LogP contribution < -0.4 is 14.8 Å². The Labute approximate surface area is 160 Å². The highest BCUT2D eigenvalue weighted by molar-refractivity contribution is 7.99. The molecule has 0 spiro atoms. The van der Waals surface area contributed by atoms with Crippen molar-refractivity contribution in [3.05, 3.63) is 54.5 Å². The van der Waals surface area contributed by atoms with Gasteiger partial charge in [-0.05, 0) is 42.5 Å². The highest BCUT2D eigenvalue weighted by Gasteiger charge is 2.13. The lowest BCUT2D eigenvalue weighted by Crippen LogP contribution is -2.24. The van der Waals surface area contributed by atoms with Crippen molar-refractivity contribution in [3.8, 4) is 22.8 Å². The monoisotopic (exact) mass is 383 g/mol. The van der Waals surface area contributed by atoms with Gasteiger partial charge in [0.25, 0.3) is 0 Å². The molecule has 138 valence electrons. The maximum Gasteiger partial charge on any atom is 0.230 e. The Hall–Kier alpha value is -3.00. The maximum atomic E-state index is 11.9. The SMILES string of the molecule is O=C(CSc1ccc(-c2ccc3c(c2)OCCO3)nn1)NCc1ccco1. The number of furan rings is 1. The molecule has 0 saturated heterocycles. The van der Waals surface area contributed by atoms with Crippen LogP contribution >= 0.6 is 11.8 Å². The molecular formula is C19H17N3O4S. The molecule has 1 aromatic carbocycles. The molecule has 8 heteroatoms. The normalized spacial score (nSPS) is 12.6. The lowest BCUT2D eigenvalue weighted by molar-refractivity contribution is -0.118. The number of hydrogen-bond donors (Lipinski definition) is 1. The summed E-state index contributed by atoms with van der Waals surface area (Å²) in [5.74, 6) is 2.35. The van der Waals surface area contributed by atoms with E-state index >= 15 is 0 Å². The van der Waals surface area contributed by atoms with Crippen LogP contribution in [-0.2, 0) is 11.3 Å². The average molecular weight is 383 g/mol. The highest BCUT2D eigenvalue weighted by atomic mass is 32.2. The van der Waals surface area contributed by atoms with Gasteiger partial charge in [0.1, 0.15) is 24.0 Å². The van der Waals surface area contributed by atoms with Crippen molar-refractivity contribution in [1.82, 2.24) is 15.5 Å². The summed E-state index contributed by atoms with van der Waals surface area (Å²) in [6.07, 6.45) is 1.58. The third-order valence-electron chi connectivity index (χ3n) is 3.87. The Morgan fingerprint density at radius 1 is 1.07 bits per heavy atom. The quantitative estimate of drug-likeness (QED) is 0.655. The first-order chi connectivity index (χ1) is 13.3. The molecule has 0 atom stereocenters. The van der Waals surface area contributed by atoms with Crippen LogP contribution in [0.25, 0.3) is 11.3 Å². The van der Waals surface area contributed by atoms with Gasteiger partial charge >= 0.3 is 0 Å². The fourth-order valence-electron chi connectivity index (χ4n) is 2.54. The summed E-state index contributed by atoms with van der Waals surface area (Å²) in [5.41, 5.74) is 1.64. The van der Waals surface area contributed by atoms with Crippen LogP contribution in [0.3, 0.4) is 0 Å². The molecule has 3 heterocycles. The first kappa shape index (κ1) is 17.4. The van der Waals surface area contributed by atoms with Gasteiger partial charge < -0.3 is 19.2 Å². The van der Waals surface area contributed by atoms with Crippen molar-refractivity contribution in [2.24, 2.45) is 0 Å². The third kappa shape index (κ3) is 4.40. The number of benzene rings is 1. The molecule has 3 aromatic rings. The summed E-state index contributed by atoms with van der Waals surface area (Å²) in [4.78, 5) is 11.9. The molecule has 1 amide bonds. The van der Waals surface area contributed by atoms with Gasteiger partial charge in [0.05, 0.1) is 24.3 Å². The number of nitrogens with zero attached hydrogens (tertiary/aromatic N) is 2. The molecule has 0 saturated carbocycles. The van der Waals surface area contributed by atoms with Crippen LogP contribution in [0.5, 0.6) is 11.5 Å². The number of carbonyl (C=O) groups excluding carboxylic acids is 1. The molecule has 1 aliphatic heterocycles. The fourth-order valence-corrected chi connectivity index (χ4v) is 3.19. The van der Waals surface area contributed by atoms with Gasteiger partial charge in [-0.15, -0.1) is 10.2 Å². The first-order valence-corrected chi connectivity index (χ1v) is 9.42. The van der Waals surface area contributed by atoms with E-state index in [0.717, 1.165) is 22.8 Å². The van der Waals surface area contributed by atoms with Crippen LogP contribution in [0.15, 0.2) is 58.2 Å². The van der Waals surface area contributed by atoms with E-state index in [-0.39, 0.29) is 11.7 Å². The zero-order chi connectivity index (χ0) is 18.5. The van der Waals surface area contributed by atoms with Crippen LogP contribution in [-0.4, -0.2) is 35.1 Å². The number of nitrogens with one attached hydrogen (secondary N) is 1. The standard InChI is InChI=1S/C19H17N3O4S/c23-18(20-11-14-2-1-7-24-14)12-27-19-6-4-15(21-22-19)13-3-5-16-17(10-13)26-9-8-25-16/h1-7,10H,8-9,11-12H2,(H,20,23). The van der Waals surface area contributed by atoms with Crippen LogP contribution in [0.1, 0.15) is 5.76 Å². The summed E-state index contributed by atoms with van der Waals surface area (Å²) >= 11 is 1.33. The molecule has 2 aromatic heterocycles. The molecule has 0 bridgehead atoms. The van der Waals surface area contributed by atoms with Crippen molar-refractivity contribution in [2.45, 2.75) is 11.6 Å². The Balaban J connectivity index is 1.33. The second kappa shape index (κ2) is 8.13. The number of fused-ring (bicyclic) bond motifs is 1. The number of thioether (sulfide) groups is 1. The number of hydrogen-bond acceptors (Lipinski definition) is 7. The Morgan fingerprint density at radius 3 is 2.74 bits per heavy atom. The van der Waals surface area contributed by atoms with E-state index < -0.39 is 0 Å². The van der Waals surface area contributed by atoms with Gasteiger partial charge in [0.15, 0.2) is 11.5 Å². The smallest absolute Gasteiger partial charge is 0.230 e. The Bertz CT molecular complexity index is 913. The molecule has 4 rings (SSSR count). The van der Waals surface area contributed by atoms with Crippen molar-refractivity contribution in [2.75, 3.05) is 19.0 Å². The molecule has 1 N–H and O–H groups in total. The van der Waals surface area contributed by atoms with E-state index in [9.17, 15) is 4.79 Å².